The van der Waals surface area contributed by atoms with Crippen LogP contribution in [0.3, 0.4) is 0 Å². The molecule has 0 radical (unpaired) electrons. The van der Waals surface area contributed by atoms with Gasteiger partial charge >= 0.3 is 0 Å². The molecule has 90 valence electrons. The number of halogens is 2. The molecule has 6 heteroatoms. The van der Waals surface area contributed by atoms with E-state index in [9.17, 15) is 4.79 Å². The minimum atomic E-state index is -0.0133. The van der Waals surface area contributed by atoms with Crippen molar-refractivity contribution in [3.05, 3.63) is 21.3 Å². The third-order valence-corrected chi connectivity index (χ3v) is 3.66. The lowest BCUT2D eigenvalue weighted by molar-refractivity contribution is 0.0935. The summed E-state index contributed by atoms with van der Waals surface area (Å²) in [6, 6.07) is 3.77. The topological polar surface area (TPSA) is 41.1 Å². The van der Waals surface area contributed by atoms with Crippen LogP contribution in [0, 0.1) is 0 Å². The molecule has 0 saturated carbocycles. The molecule has 1 aliphatic heterocycles. The molecule has 2 N–H and O–H groups in total. The highest BCUT2D eigenvalue weighted by Gasteiger charge is 2.17. The number of rotatable bonds is 2. The second-order valence-corrected chi connectivity index (χ2v) is 5.34. The number of piperidine rings is 1. The van der Waals surface area contributed by atoms with Crippen molar-refractivity contribution in [1.82, 2.24) is 10.6 Å². The zero-order valence-electron chi connectivity index (χ0n) is 8.66. The molecule has 3 nitrogen and oxygen atoms in total. The molecule has 1 atom stereocenters. The summed E-state index contributed by atoms with van der Waals surface area (Å²) in [5, 5.41) is 6.26. The third-order valence-electron chi connectivity index (χ3n) is 2.43. The molecule has 0 aromatic carbocycles. The van der Waals surface area contributed by atoms with Gasteiger partial charge in [-0.05, 0) is 31.5 Å². The largest absolute Gasteiger partial charge is 0.347 e. The summed E-state index contributed by atoms with van der Waals surface area (Å²) in [5.41, 5.74) is 0. The first-order valence-corrected chi connectivity index (χ1v) is 6.22. The van der Waals surface area contributed by atoms with Gasteiger partial charge in [-0.3, -0.25) is 4.79 Å². The Morgan fingerprint density at radius 1 is 1.56 bits per heavy atom. The van der Waals surface area contributed by atoms with E-state index in [1.54, 1.807) is 12.1 Å². The molecule has 16 heavy (non-hydrogen) atoms. The molecular formula is C10H14Cl2N2OS. The SMILES string of the molecule is Cl.O=C(N[C@H]1CCCNC1)c1ccc(Cl)s1. The first-order chi connectivity index (χ1) is 7.25. The zero-order chi connectivity index (χ0) is 10.7. The monoisotopic (exact) mass is 280 g/mol. The van der Waals surface area contributed by atoms with Crippen LogP contribution in [0.5, 0.6) is 0 Å². The van der Waals surface area contributed by atoms with Crippen molar-refractivity contribution < 1.29 is 4.79 Å². The average Bonchev–Trinajstić information content (AvgIpc) is 2.66. The summed E-state index contributed by atoms with van der Waals surface area (Å²) in [7, 11) is 0. The quantitative estimate of drug-likeness (QED) is 0.873. The molecule has 2 rings (SSSR count). The standard InChI is InChI=1S/C10H13ClN2OS.ClH/c11-9-4-3-8(15-9)10(14)13-7-2-1-5-12-6-7;/h3-4,7,12H,1-2,5-6H2,(H,13,14);1H/t7-;/m0./s1. The van der Waals surface area contributed by atoms with Crippen molar-refractivity contribution in [1.29, 1.82) is 0 Å². The molecule has 1 fully saturated rings. The van der Waals surface area contributed by atoms with Gasteiger partial charge in [0.25, 0.3) is 5.91 Å². The van der Waals surface area contributed by atoms with Gasteiger partial charge in [0.1, 0.15) is 0 Å². The second-order valence-electron chi connectivity index (χ2n) is 3.62. The van der Waals surface area contributed by atoms with Crippen LogP contribution in [0.2, 0.25) is 4.34 Å². The van der Waals surface area contributed by atoms with E-state index in [0.717, 1.165) is 25.9 Å². The summed E-state index contributed by atoms with van der Waals surface area (Å²) in [4.78, 5) is 12.4. The Kier molecular flexibility index (Phi) is 5.55. The van der Waals surface area contributed by atoms with E-state index < -0.39 is 0 Å². The number of amides is 1. The van der Waals surface area contributed by atoms with Crippen molar-refractivity contribution >= 4 is 41.3 Å². The minimum Gasteiger partial charge on any atom is -0.347 e. The molecular weight excluding hydrogens is 267 g/mol. The van der Waals surface area contributed by atoms with Crippen molar-refractivity contribution in [2.75, 3.05) is 13.1 Å². The van der Waals surface area contributed by atoms with Crippen LogP contribution >= 0.6 is 35.3 Å². The lowest BCUT2D eigenvalue weighted by Gasteiger charge is -2.23. The maximum absolute atomic E-state index is 11.7. The van der Waals surface area contributed by atoms with Crippen molar-refractivity contribution in [3.63, 3.8) is 0 Å². The fourth-order valence-corrected chi connectivity index (χ4v) is 2.61. The molecule has 0 aliphatic carbocycles. The average molecular weight is 281 g/mol. The highest BCUT2D eigenvalue weighted by atomic mass is 35.5. The normalized spacial score (nSPS) is 19.9. The number of carbonyl (C=O) groups is 1. The van der Waals surface area contributed by atoms with E-state index in [1.807, 2.05) is 0 Å². The number of hydrogen-bond acceptors (Lipinski definition) is 3. The summed E-state index contributed by atoms with van der Waals surface area (Å²) in [6.07, 6.45) is 2.17. The summed E-state index contributed by atoms with van der Waals surface area (Å²) < 4.78 is 0.655. The highest BCUT2D eigenvalue weighted by molar-refractivity contribution is 7.17. The predicted molar refractivity (Wildman–Crippen MR) is 69.9 cm³/mol. The zero-order valence-corrected chi connectivity index (χ0v) is 11.1. The van der Waals surface area contributed by atoms with E-state index in [-0.39, 0.29) is 24.4 Å². The lowest BCUT2D eigenvalue weighted by atomic mass is 10.1. The predicted octanol–water partition coefficient (Wildman–Crippen LogP) is 2.31. The van der Waals surface area contributed by atoms with Gasteiger partial charge in [-0.1, -0.05) is 11.6 Å². The van der Waals surface area contributed by atoms with Crippen LogP contribution in [-0.4, -0.2) is 25.0 Å². The fourth-order valence-electron chi connectivity index (χ4n) is 1.67. The van der Waals surface area contributed by atoms with Gasteiger partial charge < -0.3 is 10.6 Å². The van der Waals surface area contributed by atoms with Crippen LogP contribution in [0.15, 0.2) is 12.1 Å². The molecule has 1 aliphatic rings. The Hall–Kier alpha value is -0.290. The molecule has 0 unspecified atom stereocenters. The number of nitrogens with one attached hydrogen (secondary N) is 2. The Balaban J connectivity index is 0.00000128. The van der Waals surface area contributed by atoms with E-state index >= 15 is 0 Å². The van der Waals surface area contributed by atoms with Crippen molar-refractivity contribution in [2.24, 2.45) is 0 Å². The molecule has 1 amide bonds. The smallest absolute Gasteiger partial charge is 0.261 e. The van der Waals surface area contributed by atoms with Gasteiger partial charge in [-0.15, -0.1) is 23.7 Å². The van der Waals surface area contributed by atoms with Crippen LogP contribution < -0.4 is 10.6 Å². The van der Waals surface area contributed by atoms with Crippen LogP contribution in [0.1, 0.15) is 22.5 Å². The summed E-state index contributed by atoms with van der Waals surface area (Å²) >= 11 is 7.09. The first kappa shape index (κ1) is 13.8. The minimum absolute atomic E-state index is 0. The van der Waals surface area contributed by atoms with Crippen molar-refractivity contribution in [2.45, 2.75) is 18.9 Å². The Labute approximate surface area is 110 Å². The summed E-state index contributed by atoms with van der Waals surface area (Å²) in [6.45, 7) is 1.92. The van der Waals surface area contributed by atoms with Gasteiger partial charge in [0.15, 0.2) is 0 Å². The van der Waals surface area contributed by atoms with E-state index in [1.165, 1.54) is 11.3 Å². The molecule has 1 saturated heterocycles. The Morgan fingerprint density at radius 2 is 2.38 bits per heavy atom. The number of thiophene rings is 1. The van der Waals surface area contributed by atoms with E-state index in [0.29, 0.717) is 9.21 Å². The van der Waals surface area contributed by atoms with Gasteiger partial charge in [0, 0.05) is 12.6 Å². The van der Waals surface area contributed by atoms with E-state index in [4.69, 9.17) is 11.6 Å². The lowest BCUT2D eigenvalue weighted by Crippen LogP contribution is -2.45. The second kappa shape index (κ2) is 6.45. The van der Waals surface area contributed by atoms with E-state index in [2.05, 4.69) is 10.6 Å². The number of hydrogen-bond donors (Lipinski definition) is 2. The van der Waals surface area contributed by atoms with Crippen molar-refractivity contribution in [3.8, 4) is 0 Å². The van der Waals surface area contributed by atoms with Crippen LogP contribution in [-0.2, 0) is 0 Å². The maximum Gasteiger partial charge on any atom is 0.261 e. The molecule has 1 aromatic rings. The fraction of sp³-hybridized carbons (Fsp3) is 0.500. The van der Waals surface area contributed by atoms with Gasteiger partial charge in [-0.2, -0.15) is 0 Å². The molecule has 0 spiro atoms. The maximum atomic E-state index is 11.7. The van der Waals surface area contributed by atoms with Gasteiger partial charge in [-0.25, -0.2) is 0 Å². The Morgan fingerprint density at radius 3 is 2.94 bits per heavy atom. The molecule has 2 heterocycles. The first-order valence-electron chi connectivity index (χ1n) is 5.02. The highest BCUT2D eigenvalue weighted by Crippen LogP contribution is 2.21. The van der Waals surface area contributed by atoms with Gasteiger partial charge in [0.05, 0.1) is 9.21 Å². The van der Waals surface area contributed by atoms with Gasteiger partial charge in [0.2, 0.25) is 0 Å². The number of carbonyl (C=O) groups excluding carboxylic acids is 1. The summed E-state index contributed by atoms with van der Waals surface area (Å²) in [5.74, 6) is -0.0133. The third kappa shape index (κ3) is 3.63. The molecule has 0 bridgehead atoms. The van der Waals surface area contributed by atoms with Crippen LogP contribution in [0.4, 0.5) is 0 Å². The molecule has 1 aromatic heterocycles. The van der Waals surface area contributed by atoms with Crippen LogP contribution in [0.25, 0.3) is 0 Å². The Bertz CT molecular complexity index is 350.